The minimum atomic E-state index is 0.208. The van der Waals surface area contributed by atoms with E-state index in [1.54, 1.807) is 0 Å². The highest BCUT2D eigenvalue weighted by Gasteiger charge is 2.20. The van der Waals surface area contributed by atoms with Crippen molar-refractivity contribution in [2.24, 2.45) is 0 Å². The van der Waals surface area contributed by atoms with Gasteiger partial charge < -0.3 is 15.3 Å². The Labute approximate surface area is 108 Å². The quantitative estimate of drug-likeness (QED) is 0.719. The molecular formula is C13H22N4O. The lowest BCUT2D eigenvalue weighted by atomic mass is 10.3. The molecule has 0 aliphatic heterocycles. The van der Waals surface area contributed by atoms with Crippen LogP contribution in [0.1, 0.15) is 31.7 Å². The van der Waals surface area contributed by atoms with Gasteiger partial charge in [-0.25, -0.2) is 9.97 Å². The fourth-order valence-corrected chi connectivity index (χ4v) is 1.81. The number of nitrogens with zero attached hydrogens (tertiary/aromatic N) is 3. The fourth-order valence-electron chi connectivity index (χ4n) is 1.81. The average Bonchev–Trinajstić information content (AvgIpc) is 3.23. The molecule has 1 aromatic heterocycles. The van der Waals surface area contributed by atoms with Crippen LogP contribution < -0.4 is 10.2 Å². The van der Waals surface area contributed by atoms with Crippen molar-refractivity contribution in [3.63, 3.8) is 0 Å². The normalized spacial score (nSPS) is 14.8. The van der Waals surface area contributed by atoms with Crippen molar-refractivity contribution in [2.45, 2.75) is 38.8 Å². The topological polar surface area (TPSA) is 61.3 Å². The molecule has 100 valence electrons. The van der Waals surface area contributed by atoms with Crippen LogP contribution in [0.25, 0.3) is 0 Å². The van der Waals surface area contributed by atoms with Crippen LogP contribution >= 0.6 is 0 Å². The Morgan fingerprint density at radius 1 is 1.39 bits per heavy atom. The van der Waals surface area contributed by atoms with E-state index in [1.165, 1.54) is 12.8 Å². The second-order valence-corrected chi connectivity index (χ2v) is 4.70. The number of aromatic nitrogens is 2. The summed E-state index contributed by atoms with van der Waals surface area (Å²) < 4.78 is 0. The maximum Gasteiger partial charge on any atom is 0.225 e. The summed E-state index contributed by atoms with van der Waals surface area (Å²) in [5.74, 6) is 0.751. The van der Waals surface area contributed by atoms with Crippen molar-refractivity contribution < 1.29 is 5.11 Å². The monoisotopic (exact) mass is 250 g/mol. The van der Waals surface area contributed by atoms with Gasteiger partial charge in [-0.1, -0.05) is 0 Å². The zero-order valence-corrected chi connectivity index (χ0v) is 11.0. The van der Waals surface area contributed by atoms with Gasteiger partial charge in [0, 0.05) is 50.2 Å². The van der Waals surface area contributed by atoms with Gasteiger partial charge in [-0.05, 0) is 26.2 Å². The maximum absolute atomic E-state index is 8.85. The van der Waals surface area contributed by atoms with Crippen LogP contribution in [-0.2, 0) is 6.54 Å². The van der Waals surface area contributed by atoms with Gasteiger partial charge in [-0.3, -0.25) is 0 Å². The molecule has 1 heterocycles. The summed E-state index contributed by atoms with van der Waals surface area (Å²) in [5, 5.41) is 12.3. The van der Waals surface area contributed by atoms with Crippen molar-refractivity contribution >= 4 is 5.95 Å². The fraction of sp³-hybridized carbons (Fsp3) is 0.692. The van der Waals surface area contributed by atoms with E-state index in [2.05, 4.69) is 27.1 Å². The molecule has 0 spiro atoms. The van der Waals surface area contributed by atoms with Crippen LogP contribution in [0.4, 0.5) is 5.95 Å². The van der Waals surface area contributed by atoms with E-state index in [0.717, 1.165) is 37.6 Å². The third kappa shape index (κ3) is 3.92. The lowest BCUT2D eigenvalue weighted by molar-refractivity contribution is 0.289. The van der Waals surface area contributed by atoms with Gasteiger partial charge in [0.1, 0.15) is 0 Å². The number of nitrogens with one attached hydrogen (secondary N) is 1. The zero-order chi connectivity index (χ0) is 12.8. The molecule has 1 aromatic rings. The molecule has 1 aliphatic carbocycles. The molecule has 1 saturated carbocycles. The number of aliphatic hydroxyl groups excluding tert-OH is 1. The Morgan fingerprint density at radius 3 is 2.67 bits per heavy atom. The Hall–Kier alpha value is -1.20. The van der Waals surface area contributed by atoms with E-state index < -0.39 is 0 Å². The molecule has 0 unspecified atom stereocenters. The first-order valence-electron chi connectivity index (χ1n) is 6.73. The van der Waals surface area contributed by atoms with Crippen molar-refractivity contribution in [3.8, 4) is 0 Å². The van der Waals surface area contributed by atoms with Crippen LogP contribution in [0, 0.1) is 0 Å². The molecule has 5 heteroatoms. The van der Waals surface area contributed by atoms with E-state index in [0.29, 0.717) is 6.04 Å². The molecular weight excluding hydrogens is 228 g/mol. The minimum Gasteiger partial charge on any atom is -0.396 e. The van der Waals surface area contributed by atoms with Crippen molar-refractivity contribution in [1.82, 2.24) is 15.3 Å². The Bertz CT molecular complexity index is 351. The summed E-state index contributed by atoms with van der Waals surface area (Å²) in [6.45, 7) is 4.79. The highest BCUT2D eigenvalue weighted by Crippen LogP contribution is 2.19. The molecule has 0 radical (unpaired) electrons. The Balaban J connectivity index is 1.87. The highest BCUT2D eigenvalue weighted by molar-refractivity contribution is 5.29. The standard InChI is InChI=1S/C13H22N4O/c1-2-17(6-3-7-18)13-15-9-11(10-16-13)8-14-12-4-5-12/h9-10,12,14,18H,2-8H2,1H3. The van der Waals surface area contributed by atoms with Gasteiger partial charge in [-0.15, -0.1) is 0 Å². The van der Waals surface area contributed by atoms with Crippen molar-refractivity contribution in [1.29, 1.82) is 0 Å². The summed E-state index contributed by atoms with van der Waals surface area (Å²) >= 11 is 0. The van der Waals surface area contributed by atoms with E-state index in [-0.39, 0.29) is 6.61 Å². The molecule has 5 nitrogen and oxygen atoms in total. The highest BCUT2D eigenvalue weighted by atomic mass is 16.3. The predicted molar refractivity (Wildman–Crippen MR) is 71.5 cm³/mol. The lowest BCUT2D eigenvalue weighted by Gasteiger charge is -2.20. The second-order valence-electron chi connectivity index (χ2n) is 4.70. The molecule has 2 N–H and O–H groups in total. The number of hydrogen-bond donors (Lipinski definition) is 2. The number of aliphatic hydroxyl groups is 1. The smallest absolute Gasteiger partial charge is 0.225 e. The SMILES string of the molecule is CCN(CCCO)c1ncc(CNC2CC2)cn1. The third-order valence-electron chi connectivity index (χ3n) is 3.11. The van der Waals surface area contributed by atoms with Gasteiger partial charge in [-0.2, -0.15) is 0 Å². The first-order valence-corrected chi connectivity index (χ1v) is 6.73. The number of anilines is 1. The van der Waals surface area contributed by atoms with Crippen LogP contribution in [0.2, 0.25) is 0 Å². The average molecular weight is 250 g/mol. The zero-order valence-electron chi connectivity index (χ0n) is 11.0. The predicted octanol–water partition coefficient (Wildman–Crippen LogP) is 0.937. The molecule has 1 aliphatic rings. The number of rotatable bonds is 8. The molecule has 18 heavy (non-hydrogen) atoms. The van der Waals surface area contributed by atoms with Crippen molar-refractivity contribution in [3.05, 3.63) is 18.0 Å². The Kier molecular flexibility index (Phi) is 4.90. The largest absolute Gasteiger partial charge is 0.396 e. The summed E-state index contributed by atoms with van der Waals surface area (Å²) in [5.41, 5.74) is 1.13. The number of hydrogen-bond acceptors (Lipinski definition) is 5. The van der Waals surface area contributed by atoms with Crippen LogP contribution in [-0.4, -0.2) is 40.8 Å². The second kappa shape index (κ2) is 6.66. The maximum atomic E-state index is 8.85. The molecule has 1 fully saturated rings. The van der Waals surface area contributed by atoms with E-state index in [9.17, 15) is 0 Å². The first-order chi connectivity index (χ1) is 8.83. The van der Waals surface area contributed by atoms with Crippen molar-refractivity contribution in [2.75, 3.05) is 24.6 Å². The van der Waals surface area contributed by atoms with E-state index in [1.807, 2.05) is 12.4 Å². The van der Waals surface area contributed by atoms with Crippen LogP contribution in [0.5, 0.6) is 0 Å². The Morgan fingerprint density at radius 2 is 2.11 bits per heavy atom. The van der Waals surface area contributed by atoms with E-state index in [4.69, 9.17) is 5.11 Å². The van der Waals surface area contributed by atoms with E-state index >= 15 is 0 Å². The molecule has 0 aromatic carbocycles. The van der Waals surface area contributed by atoms with Gasteiger partial charge in [0.25, 0.3) is 0 Å². The molecule has 0 saturated heterocycles. The lowest BCUT2D eigenvalue weighted by Crippen LogP contribution is -2.26. The summed E-state index contributed by atoms with van der Waals surface area (Å²) in [7, 11) is 0. The first kappa shape index (κ1) is 13.2. The molecule has 0 amide bonds. The summed E-state index contributed by atoms with van der Waals surface area (Å²) in [4.78, 5) is 10.9. The molecule has 2 rings (SSSR count). The van der Waals surface area contributed by atoms with Crippen LogP contribution in [0.15, 0.2) is 12.4 Å². The minimum absolute atomic E-state index is 0.208. The molecule has 0 atom stereocenters. The molecule has 0 bridgehead atoms. The van der Waals surface area contributed by atoms with Gasteiger partial charge in [0.05, 0.1) is 0 Å². The third-order valence-corrected chi connectivity index (χ3v) is 3.11. The van der Waals surface area contributed by atoms with Gasteiger partial charge in [0.2, 0.25) is 5.95 Å². The van der Waals surface area contributed by atoms with Gasteiger partial charge in [0.15, 0.2) is 0 Å². The summed E-state index contributed by atoms with van der Waals surface area (Å²) in [6.07, 6.45) is 7.12. The summed E-state index contributed by atoms with van der Waals surface area (Å²) in [6, 6.07) is 0.710. The van der Waals surface area contributed by atoms with Gasteiger partial charge >= 0.3 is 0 Å². The van der Waals surface area contributed by atoms with Crippen LogP contribution in [0.3, 0.4) is 0 Å².